The van der Waals surface area contributed by atoms with E-state index in [9.17, 15) is 9.50 Å². The first-order chi connectivity index (χ1) is 10.1. The van der Waals surface area contributed by atoms with Crippen LogP contribution in [-0.2, 0) is 0 Å². The molecule has 0 bridgehead atoms. The predicted molar refractivity (Wildman–Crippen MR) is 79.0 cm³/mol. The quantitative estimate of drug-likeness (QED) is 0.911. The molecule has 0 unspecified atom stereocenters. The third-order valence-corrected chi connectivity index (χ3v) is 3.69. The van der Waals surface area contributed by atoms with E-state index >= 15 is 0 Å². The molecule has 1 aliphatic heterocycles. The van der Waals surface area contributed by atoms with Gasteiger partial charge in [-0.05, 0) is 48.4 Å². The maximum Gasteiger partial charge on any atom is 0.165 e. The molecule has 0 saturated heterocycles. The van der Waals surface area contributed by atoms with Crippen LogP contribution >= 0.6 is 0 Å². The Hall–Kier alpha value is -2.49. The number of phenolic OH excluding ortho intramolecular Hbond substituents is 1. The second-order valence-electron chi connectivity index (χ2n) is 4.92. The number of aromatic hydroxyl groups is 1. The molecule has 4 heteroatoms. The predicted octanol–water partition coefficient (Wildman–Crippen LogP) is 3.86. The summed E-state index contributed by atoms with van der Waals surface area (Å²) in [5, 5.41) is 9.63. The molecule has 2 aromatic carbocycles. The summed E-state index contributed by atoms with van der Waals surface area (Å²) in [4.78, 5) is 0. The van der Waals surface area contributed by atoms with Crippen molar-refractivity contribution < 1.29 is 19.0 Å². The maximum absolute atomic E-state index is 13.5. The molecule has 0 amide bonds. The van der Waals surface area contributed by atoms with Crippen molar-refractivity contribution in [3.8, 4) is 17.2 Å². The van der Waals surface area contributed by atoms with Gasteiger partial charge in [0.2, 0.25) is 0 Å². The molecule has 0 aliphatic carbocycles. The van der Waals surface area contributed by atoms with E-state index in [0.717, 1.165) is 28.0 Å². The smallest absolute Gasteiger partial charge is 0.165 e. The fraction of sp³-hybridized carbons (Fsp3) is 0.176. The molecule has 1 heterocycles. The molecule has 0 spiro atoms. The Bertz CT molecular complexity index is 735. The summed E-state index contributed by atoms with van der Waals surface area (Å²) >= 11 is 0. The van der Waals surface area contributed by atoms with Gasteiger partial charge in [-0.2, -0.15) is 0 Å². The summed E-state index contributed by atoms with van der Waals surface area (Å²) in [5.74, 6) is 0.738. The summed E-state index contributed by atoms with van der Waals surface area (Å²) in [7, 11) is 1.44. The molecule has 1 aliphatic rings. The van der Waals surface area contributed by atoms with Gasteiger partial charge in [0, 0.05) is 11.1 Å². The minimum Gasteiger partial charge on any atom is -0.508 e. The zero-order valence-electron chi connectivity index (χ0n) is 11.8. The number of halogens is 1. The van der Waals surface area contributed by atoms with Crippen molar-refractivity contribution in [2.75, 3.05) is 13.7 Å². The molecule has 0 fully saturated rings. The Labute approximate surface area is 122 Å². The van der Waals surface area contributed by atoms with Crippen LogP contribution in [0.15, 0.2) is 36.4 Å². The molecular weight excluding hydrogens is 271 g/mol. The summed E-state index contributed by atoms with van der Waals surface area (Å²) < 4.78 is 24.3. The minimum atomic E-state index is -0.394. The normalized spacial score (nSPS) is 13.7. The van der Waals surface area contributed by atoms with E-state index in [4.69, 9.17) is 9.47 Å². The van der Waals surface area contributed by atoms with Gasteiger partial charge in [0.15, 0.2) is 11.6 Å². The number of hydrogen-bond donors (Lipinski definition) is 1. The molecule has 0 atom stereocenters. The molecule has 2 aromatic rings. The summed E-state index contributed by atoms with van der Waals surface area (Å²) in [6.45, 7) is 2.37. The average molecular weight is 286 g/mol. The lowest BCUT2D eigenvalue weighted by molar-refractivity contribution is 0.362. The number of fused-ring (bicyclic) bond motifs is 1. The molecule has 0 aromatic heterocycles. The van der Waals surface area contributed by atoms with Gasteiger partial charge < -0.3 is 14.6 Å². The van der Waals surface area contributed by atoms with Gasteiger partial charge in [0.1, 0.15) is 18.1 Å². The number of allylic oxidation sites excluding steroid dienone is 1. The maximum atomic E-state index is 13.5. The van der Waals surface area contributed by atoms with Crippen molar-refractivity contribution in [3.63, 3.8) is 0 Å². The van der Waals surface area contributed by atoms with Gasteiger partial charge in [-0.3, -0.25) is 0 Å². The van der Waals surface area contributed by atoms with Crippen molar-refractivity contribution in [2.24, 2.45) is 0 Å². The van der Waals surface area contributed by atoms with E-state index in [2.05, 4.69) is 0 Å². The lowest BCUT2D eigenvalue weighted by atomic mass is 9.93. The van der Waals surface area contributed by atoms with Gasteiger partial charge in [0.05, 0.1) is 7.11 Å². The first kappa shape index (κ1) is 13.5. The highest BCUT2D eigenvalue weighted by Crippen LogP contribution is 2.39. The molecule has 21 heavy (non-hydrogen) atoms. The van der Waals surface area contributed by atoms with Crippen LogP contribution in [0.4, 0.5) is 4.39 Å². The van der Waals surface area contributed by atoms with E-state index in [-0.39, 0.29) is 11.5 Å². The SMILES string of the molecule is COc1cc(C2=C(C)c3cc(O)ccc3OC2)ccc1F. The molecule has 0 radical (unpaired) electrons. The third kappa shape index (κ3) is 2.33. The van der Waals surface area contributed by atoms with E-state index in [1.54, 1.807) is 30.3 Å². The average Bonchev–Trinajstić information content (AvgIpc) is 2.49. The lowest BCUT2D eigenvalue weighted by Crippen LogP contribution is -2.09. The summed E-state index contributed by atoms with van der Waals surface area (Å²) in [6, 6.07) is 9.75. The largest absolute Gasteiger partial charge is 0.508 e. The number of methoxy groups -OCH3 is 1. The summed E-state index contributed by atoms with van der Waals surface area (Å²) in [6.07, 6.45) is 0. The molecule has 0 saturated carbocycles. The molecule has 108 valence electrons. The van der Waals surface area contributed by atoms with Crippen molar-refractivity contribution in [1.82, 2.24) is 0 Å². The van der Waals surface area contributed by atoms with Crippen molar-refractivity contribution in [3.05, 3.63) is 53.3 Å². The fourth-order valence-corrected chi connectivity index (χ4v) is 2.50. The zero-order chi connectivity index (χ0) is 15.0. The highest BCUT2D eigenvalue weighted by atomic mass is 19.1. The lowest BCUT2D eigenvalue weighted by Gasteiger charge is -2.23. The number of ether oxygens (including phenoxy) is 2. The minimum absolute atomic E-state index is 0.189. The Morgan fingerprint density at radius 1 is 1.19 bits per heavy atom. The summed E-state index contributed by atoms with van der Waals surface area (Å²) in [5.41, 5.74) is 3.64. The van der Waals surface area contributed by atoms with Crippen LogP contribution in [0.5, 0.6) is 17.2 Å². The Morgan fingerprint density at radius 2 is 2.00 bits per heavy atom. The van der Waals surface area contributed by atoms with E-state index < -0.39 is 5.82 Å². The van der Waals surface area contributed by atoms with Crippen molar-refractivity contribution in [1.29, 1.82) is 0 Å². The Morgan fingerprint density at radius 3 is 2.76 bits per heavy atom. The van der Waals surface area contributed by atoms with Crippen LogP contribution in [-0.4, -0.2) is 18.8 Å². The van der Waals surface area contributed by atoms with Crippen LogP contribution in [0.1, 0.15) is 18.1 Å². The van der Waals surface area contributed by atoms with Gasteiger partial charge in [-0.15, -0.1) is 0 Å². The number of hydrogen-bond acceptors (Lipinski definition) is 3. The van der Waals surface area contributed by atoms with Crippen LogP contribution in [0, 0.1) is 5.82 Å². The first-order valence-electron chi connectivity index (χ1n) is 6.60. The van der Waals surface area contributed by atoms with Gasteiger partial charge in [-0.1, -0.05) is 6.07 Å². The monoisotopic (exact) mass is 286 g/mol. The van der Waals surface area contributed by atoms with Crippen molar-refractivity contribution in [2.45, 2.75) is 6.92 Å². The number of phenols is 1. The van der Waals surface area contributed by atoms with Crippen LogP contribution in [0.25, 0.3) is 11.1 Å². The standard InChI is InChI=1S/C17H15FO3/c1-10-13-8-12(19)4-6-16(13)21-9-14(10)11-3-5-15(18)17(7-11)20-2/h3-8,19H,9H2,1-2H3. The number of benzene rings is 2. The van der Waals surface area contributed by atoms with Crippen LogP contribution in [0.2, 0.25) is 0 Å². The van der Waals surface area contributed by atoms with Gasteiger partial charge >= 0.3 is 0 Å². The van der Waals surface area contributed by atoms with Crippen molar-refractivity contribution >= 4 is 11.1 Å². The number of rotatable bonds is 2. The molecule has 3 nitrogen and oxygen atoms in total. The molecule has 3 rings (SSSR count). The zero-order valence-corrected chi connectivity index (χ0v) is 11.8. The molecular formula is C17H15FO3. The van der Waals surface area contributed by atoms with E-state index in [0.29, 0.717) is 6.61 Å². The molecule has 1 N–H and O–H groups in total. The Balaban J connectivity index is 2.12. The van der Waals surface area contributed by atoms with Gasteiger partial charge in [-0.25, -0.2) is 4.39 Å². The first-order valence-corrected chi connectivity index (χ1v) is 6.60. The highest BCUT2D eigenvalue weighted by molar-refractivity contribution is 5.94. The highest BCUT2D eigenvalue weighted by Gasteiger charge is 2.19. The second-order valence-corrected chi connectivity index (χ2v) is 4.92. The Kier molecular flexibility index (Phi) is 3.29. The van der Waals surface area contributed by atoms with Crippen LogP contribution < -0.4 is 9.47 Å². The second kappa shape index (κ2) is 5.13. The van der Waals surface area contributed by atoms with E-state index in [1.165, 1.54) is 13.2 Å². The van der Waals surface area contributed by atoms with Crippen LogP contribution in [0.3, 0.4) is 0 Å². The van der Waals surface area contributed by atoms with Gasteiger partial charge in [0.25, 0.3) is 0 Å². The third-order valence-electron chi connectivity index (χ3n) is 3.69. The fourth-order valence-electron chi connectivity index (χ4n) is 2.50. The van der Waals surface area contributed by atoms with E-state index in [1.807, 2.05) is 6.92 Å². The topological polar surface area (TPSA) is 38.7 Å².